The predicted molar refractivity (Wildman–Crippen MR) is 75.1 cm³/mol. The van der Waals surface area contributed by atoms with Gasteiger partial charge in [-0.25, -0.2) is 4.98 Å². The highest BCUT2D eigenvalue weighted by atomic mass is 35.5. The van der Waals surface area contributed by atoms with Gasteiger partial charge in [0.05, 0.1) is 5.69 Å². The van der Waals surface area contributed by atoms with E-state index in [1.807, 2.05) is 33.7 Å². The molecule has 0 saturated carbocycles. The lowest BCUT2D eigenvalue weighted by Gasteiger charge is -2.11. The quantitative estimate of drug-likeness (QED) is 0.790. The molecule has 0 spiro atoms. The maximum absolute atomic E-state index is 12.0. The SMILES string of the molecule is O=C(/C=C/c1c(Cl)nc2ccccn12)N1CCCC1. The van der Waals surface area contributed by atoms with Crippen molar-refractivity contribution >= 4 is 29.2 Å². The van der Waals surface area contributed by atoms with E-state index in [0.717, 1.165) is 37.3 Å². The average Bonchev–Trinajstić information content (AvgIpc) is 3.03. The van der Waals surface area contributed by atoms with Crippen LogP contribution < -0.4 is 0 Å². The third-order valence-electron chi connectivity index (χ3n) is 3.32. The zero-order chi connectivity index (χ0) is 13.2. The normalized spacial score (nSPS) is 15.7. The minimum atomic E-state index is 0.0412. The van der Waals surface area contributed by atoms with Crippen LogP contribution in [0, 0.1) is 0 Å². The van der Waals surface area contributed by atoms with Gasteiger partial charge in [-0.1, -0.05) is 17.7 Å². The Labute approximate surface area is 116 Å². The second kappa shape index (κ2) is 5.05. The van der Waals surface area contributed by atoms with Crippen molar-refractivity contribution in [1.82, 2.24) is 14.3 Å². The number of carbonyl (C=O) groups is 1. The van der Waals surface area contributed by atoms with Gasteiger partial charge in [0.25, 0.3) is 0 Å². The van der Waals surface area contributed by atoms with Crippen LogP contribution in [-0.4, -0.2) is 33.3 Å². The molecular weight excluding hydrogens is 262 g/mol. The van der Waals surface area contributed by atoms with Crippen LogP contribution in [0.1, 0.15) is 18.5 Å². The Balaban J connectivity index is 1.88. The van der Waals surface area contributed by atoms with Gasteiger partial charge in [-0.15, -0.1) is 0 Å². The zero-order valence-corrected chi connectivity index (χ0v) is 11.2. The van der Waals surface area contributed by atoms with E-state index in [1.165, 1.54) is 0 Å². The van der Waals surface area contributed by atoms with Crippen LogP contribution in [0.4, 0.5) is 0 Å². The fourth-order valence-corrected chi connectivity index (χ4v) is 2.57. The van der Waals surface area contributed by atoms with Crippen LogP contribution in [-0.2, 0) is 4.79 Å². The van der Waals surface area contributed by atoms with Gasteiger partial charge in [-0.05, 0) is 31.1 Å². The Morgan fingerprint density at radius 3 is 2.89 bits per heavy atom. The van der Waals surface area contributed by atoms with E-state index in [2.05, 4.69) is 4.98 Å². The van der Waals surface area contributed by atoms with Gasteiger partial charge in [0.15, 0.2) is 5.15 Å². The van der Waals surface area contributed by atoms with E-state index in [9.17, 15) is 4.79 Å². The number of likely N-dealkylation sites (tertiary alicyclic amines) is 1. The molecule has 2 aromatic rings. The third kappa shape index (κ3) is 2.36. The molecule has 3 heterocycles. The molecule has 0 aliphatic carbocycles. The molecule has 5 heteroatoms. The Morgan fingerprint density at radius 1 is 1.32 bits per heavy atom. The summed E-state index contributed by atoms with van der Waals surface area (Å²) in [6.45, 7) is 1.70. The summed E-state index contributed by atoms with van der Waals surface area (Å²) in [6.07, 6.45) is 7.39. The molecule has 4 nitrogen and oxygen atoms in total. The summed E-state index contributed by atoms with van der Waals surface area (Å²) in [6, 6.07) is 5.69. The smallest absolute Gasteiger partial charge is 0.246 e. The molecule has 1 fully saturated rings. The molecule has 1 aliphatic rings. The molecule has 0 N–H and O–H groups in total. The molecule has 98 valence electrons. The number of rotatable bonds is 2. The summed E-state index contributed by atoms with van der Waals surface area (Å²) in [5.41, 5.74) is 1.52. The van der Waals surface area contributed by atoms with E-state index in [4.69, 9.17) is 11.6 Å². The van der Waals surface area contributed by atoms with Gasteiger partial charge < -0.3 is 4.90 Å². The fourth-order valence-electron chi connectivity index (χ4n) is 2.33. The number of aromatic nitrogens is 2. The fraction of sp³-hybridized carbons (Fsp3) is 0.286. The second-order valence-electron chi connectivity index (χ2n) is 4.58. The number of halogens is 1. The predicted octanol–water partition coefficient (Wildman–Crippen LogP) is 2.62. The highest BCUT2D eigenvalue weighted by molar-refractivity contribution is 6.31. The molecule has 3 rings (SSSR count). The molecule has 1 amide bonds. The Bertz CT molecular complexity index is 641. The van der Waals surface area contributed by atoms with Gasteiger partial charge in [0.2, 0.25) is 5.91 Å². The van der Waals surface area contributed by atoms with Crippen molar-refractivity contribution in [3.05, 3.63) is 41.3 Å². The minimum Gasteiger partial charge on any atom is -0.339 e. The molecule has 2 aromatic heterocycles. The van der Waals surface area contributed by atoms with E-state index in [0.29, 0.717) is 5.15 Å². The van der Waals surface area contributed by atoms with Gasteiger partial charge in [-0.3, -0.25) is 9.20 Å². The molecule has 0 aromatic carbocycles. The van der Waals surface area contributed by atoms with Crippen LogP contribution in [0.2, 0.25) is 5.15 Å². The molecule has 0 radical (unpaired) electrons. The first-order chi connectivity index (χ1) is 9.25. The summed E-state index contributed by atoms with van der Waals surface area (Å²) in [5.74, 6) is 0.0412. The largest absolute Gasteiger partial charge is 0.339 e. The number of amides is 1. The van der Waals surface area contributed by atoms with Crippen LogP contribution in [0.15, 0.2) is 30.5 Å². The summed E-state index contributed by atoms with van der Waals surface area (Å²) >= 11 is 6.10. The number of pyridine rings is 1. The van der Waals surface area contributed by atoms with Crippen molar-refractivity contribution in [2.45, 2.75) is 12.8 Å². The van der Waals surface area contributed by atoms with Crippen molar-refractivity contribution in [3.63, 3.8) is 0 Å². The van der Waals surface area contributed by atoms with E-state index in [1.54, 1.807) is 12.2 Å². The van der Waals surface area contributed by atoms with Gasteiger partial charge >= 0.3 is 0 Å². The average molecular weight is 276 g/mol. The van der Waals surface area contributed by atoms with Crippen molar-refractivity contribution in [1.29, 1.82) is 0 Å². The summed E-state index contributed by atoms with van der Waals surface area (Å²) in [5, 5.41) is 0.414. The maximum atomic E-state index is 12.0. The zero-order valence-electron chi connectivity index (χ0n) is 10.4. The van der Waals surface area contributed by atoms with Gasteiger partial charge in [0.1, 0.15) is 5.65 Å². The molecule has 1 aliphatic heterocycles. The van der Waals surface area contributed by atoms with E-state index >= 15 is 0 Å². The highest BCUT2D eigenvalue weighted by Gasteiger charge is 2.15. The van der Waals surface area contributed by atoms with Crippen molar-refractivity contribution < 1.29 is 4.79 Å². The number of carbonyl (C=O) groups excluding carboxylic acids is 1. The number of imidazole rings is 1. The second-order valence-corrected chi connectivity index (χ2v) is 4.94. The lowest BCUT2D eigenvalue weighted by molar-refractivity contribution is -0.124. The Morgan fingerprint density at radius 2 is 2.11 bits per heavy atom. The first-order valence-electron chi connectivity index (χ1n) is 6.35. The minimum absolute atomic E-state index is 0.0412. The molecule has 1 saturated heterocycles. The van der Waals surface area contributed by atoms with Crippen LogP contribution >= 0.6 is 11.6 Å². The number of fused-ring (bicyclic) bond motifs is 1. The highest BCUT2D eigenvalue weighted by Crippen LogP contribution is 2.19. The van der Waals surface area contributed by atoms with Crippen molar-refractivity contribution in [2.75, 3.05) is 13.1 Å². The Kier molecular flexibility index (Phi) is 3.25. The molecule has 19 heavy (non-hydrogen) atoms. The summed E-state index contributed by atoms with van der Waals surface area (Å²) in [7, 11) is 0. The van der Waals surface area contributed by atoms with Gasteiger partial charge in [0, 0.05) is 25.4 Å². The van der Waals surface area contributed by atoms with Crippen LogP contribution in [0.25, 0.3) is 11.7 Å². The topological polar surface area (TPSA) is 37.6 Å². The number of nitrogens with zero attached hydrogens (tertiary/aromatic N) is 3. The van der Waals surface area contributed by atoms with E-state index in [-0.39, 0.29) is 5.91 Å². The molecular formula is C14H14ClN3O. The monoisotopic (exact) mass is 275 g/mol. The molecule has 0 bridgehead atoms. The molecule has 0 atom stereocenters. The first kappa shape index (κ1) is 12.2. The maximum Gasteiger partial charge on any atom is 0.246 e. The van der Waals surface area contributed by atoms with Crippen LogP contribution in [0.5, 0.6) is 0 Å². The van der Waals surface area contributed by atoms with Gasteiger partial charge in [-0.2, -0.15) is 0 Å². The molecule has 0 unspecified atom stereocenters. The third-order valence-corrected chi connectivity index (χ3v) is 3.60. The standard InChI is InChI=1S/C14H14ClN3O/c15-14-11(18-10-2-1-5-12(18)16-14)6-7-13(19)17-8-3-4-9-17/h1-2,5-7,10H,3-4,8-9H2/b7-6+. The Hall–Kier alpha value is -1.81. The van der Waals surface area contributed by atoms with Crippen LogP contribution in [0.3, 0.4) is 0 Å². The first-order valence-corrected chi connectivity index (χ1v) is 6.73. The number of hydrogen-bond donors (Lipinski definition) is 0. The number of hydrogen-bond acceptors (Lipinski definition) is 2. The van der Waals surface area contributed by atoms with E-state index < -0.39 is 0 Å². The van der Waals surface area contributed by atoms with Crippen molar-refractivity contribution in [2.24, 2.45) is 0 Å². The summed E-state index contributed by atoms with van der Waals surface area (Å²) < 4.78 is 1.87. The lowest BCUT2D eigenvalue weighted by Crippen LogP contribution is -2.25. The van der Waals surface area contributed by atoms with Crippen molar-refractivity contribution in [3.8, 4) is 0 Å². The lowest BCUT2D eigenvalue weighted by atomic mass is 10.3. The summed E-state index contributed by atoms with van der Waals surface area (Å²) in [4.78, 5) is 18.0.